The Hall–Kier alpha value is -3.23. The summed E-state index contributed by atoms with van der Waals surface area (Å²) < 4.78 is 19.1. The van der Waals surface area contributed by atoms with Gasteiger partial charge in [-0.2, -0.15) is 0 Å². The molecule has 3 rings (SSSR count). The third-order valence-corrected chi connectivity index (χ3v) is 4.59. The Labute approximate surface area is 161 Å². The van der Waals surface area contributed by atoms with Gasteiger partial charge in [-0.3, -0.25) is 9.78 Å². The third kappa shape index (κ3) is 4.73. The molecule has 8 nitrogen and oxygen atoms in total. The second-order valence-electron chi connectivity index (χ2n) is 6.56. The van der Waals surface area contributed by atoms with Gasteiger partial charge in [-0.1, -0.05) is 0 Å². The number of aromatic nitrogens is 2. The lowest BCUT2D eigenvalue weighted by Gasteiger charge is -2.31. The molecule has 1 aromatic heterocycles. The molecule has 148 valence electrons. The first-order valence-corrected chi connectivity index (χ1v) is 8.95. The summed E-state index contributed by atoms with van der Waals surface area (Å²) in [5, 5.41) is 11.5. The highest BCUT2D eigenvalue weighted by Crippen LogP contribution is 2.25. The SMILES string of the molecule is CC(Oc1ccc(NC(=O)C2CCN(c3cnccn3)CC2)cc1F)C(=O)O. The van der Waals surface area contributed by atoms with Crippen molar-refractivity contribution in [3.8, 4) is 5.75 Å². The highest BCUT2D eigenvalue weighted by Gasteiger charge is 2.26. The number of carboxylic acid groups (broad SMARTS) is 1. The summed E-state index contributed by atoms with van der Waals surface area (Å²) in [6, 6.07) is 3.91. The minimum Gasteiger partial charge on any atom is -0.479 e. The molecule has 0 saturated carbocycles. The number of amides is 1. The molecule has 28 heavy (non-hydrogen) atoms. The van der Waals surface area contributed by atoms with Gasteiger partial charge in [0.25, 0.3) is 0 Å². The van der Waals surface area contributed by atoms with E-state index in [9.17, 15) is 14.0 Å². The van der Waals surface area contributed by atoms with Crippen molar-refractivity contribution < 1.29 is 23.8 Å². The number of benzene rings is 1. The quantitative estimate of drug-likeness (QED) is 0.782. The zero-order chi connectivity index (χ0) is 20.1. The van der Waals surface area contributed by atoms with Crippen LogP contribution in [-0.4, -0.2) is 46.1 Å². The van der Waals surface area contributed by atoms with Crippen LogP contribution in [0.4, 0.5) is 15.9 Å². The van der Waals surface area contributed by atoms with Crippen LogP contribution >= 0.6 is 0 Å². The van der Waals surface area contributed by atoms with E-state index in [1.807, 2.05) is 0 Å². The number of piperidine rings is 1. The fourth-order valence-corrected chi connectivity index (χ4v) is 2.98. The fraction of sp³-hybridized carbons (Fsp3) is 0.368. The molecule has 0 aliphatic carbocycles. The van der Waals surface area contributed by atoms with Gasteiger partial charge in [0.1, 0.15) is 5.82 Å². The Morgan fingerprint density at radius 2 is 2.07 bits per heavy atom. The maximum Gasteiger partial charge on any atom is 0.344 e. The van der Waals surface area contributed by atoms with Crippen molar-refractivity contribution in [1.29, 1.82) is 0 Å². The molecule has 0 spiro atoms. The lowest BCUT2D eigenvalue weighted by molar-refractivity contribution is -0.144. The van der Waals surface area contributed by atoms with E-state index in [1.54, 1.807) is 18.6 Å². The Bertz CT molecular complexity index is 841. The molecule has 1 atom stereocenters. The minimum absolute atomic E-state index is 0.175. The summed E-state index contributed by atoms with van der Waals surface area (Å²) in [6.45, 7) is 2.68. The molecule has 1 saturated heterocycles. The molecule has 1 aliphatic rings. The smallest absolute Gasteiger partial charge is 0.344 e. The number of carboxylic acids is 1. The van der Waals surface area contributed by atoms with E-state index in [2.05, 4.69) is 20.2 Å². The average molecular weight is 388 g/mol. The summed E-state index contributed by atoms with van der Waals surface area (Å²) in [4.78, 5) is 33.7. The Morgan fingerprint density at radius 3 is 2.68 bits per heavy atom. The summed E-state index contributed by atoms with van der Waals surface area (Å²) >= 11 is 0. The Morgan fingerprint density at radius 1 is 1.32 bits per heavy atom. The number of hydrogen-bond acceptors (Lipinski definition) is 6. The van der Waals surface area contributed by atoms with Gasteiger partial charge in [0, 0.05) is 43.2 Å². The number of carbonyl (C=O) groups is 2. The average Bonchev–Trinajstić information content (AvgIpc) is 2.70. The highest BCUT2D eigenvalue weighted by atomic mass is 19.1. The molecule has 0 bridgehead atoms. The molecule has 1 aromatic carbocycles. The predicted octanol–water partition coefficient (Wildman–Crippen LogP) is 2.32. The predicted molar refractivity (Wildman–Crippen MR) is 99.7 cm³/mol. The van der Waals surface area contributed by atoms with Gasteiger partial charge in [-0.15, -0.1) is 0 Å². The van der Waals surface area contributed by atoms with Gasteiger partial charge in [0.05, 0.1) is 6.20 Å². The number of rotatable bonds is 6. The zero-order valence-corrected chi connectivity index (χ0v) is 15.3. The number of halogens is 1. The number of aliphatic carboxylic acids is 1. The van der Waals surface area contributed by atoms with Crippen molar-refractivity contribution >= 4 is 23.4 Å². The first-order chi connectivity index (χ1) is 13.4. The van der Waals surface area contributed by atoms with Crippen LogP contribution in [0.25, 0.3) is 0 Å². The summed E-state index contributed by atoms with van der Waals surface area (Å²) in [7, 11) is 0. The number of nitrogens with zero attached hydrogens (tertiary/aromatic N) is 3. The Kier molecular flexibility index (Phi) is 6.03. The lowest BCUT2D eigenvalue weighted by atomic mass is 9.96. The summed E-state index contributed by atoms with van der Waals surface area (Å²) in [5.41, 5.74) is 0.300. The molecule has 9 heteroatoms. The van der Waals surface area contributed by atoms with Crippen LogP contribution in [0.1, 0.15) is 19.8 Å². The van der Waals surface area contributed by atoms with E-state index in [0.29, 0.717) is 31.6 Å². The minimum atomic E-state index is -1.19. The molecule has 2 N–H and O–H groups in total. The number of nitrogens with one attached hydrogen (secondary N) is 1. The highest BCUT2D eigenvalue weighted by molar-refractivity contribution is 5.92. The zero-order valence-electron chi connectivity index (χ0n) is 15.3. The van der Waals surface area contributed by atoms with Crippen LogP contribution in [0.5, 0.6) is 5.75 Å². The second kappa shape index (κ2) is 8.64. The first kappa shape index (κ1) is 19.5. The van der Waals surface area contributed by atoms with Gasteiger partial charge in [0.15, 0.2) is 17.7 Å². The van der Waals surface area contributed by atoms with Gasteiger partial charge >= 0.3 is 5.97 Å². The van der Waals surface area contributed by atoms with E-state index < -0.39 is 17.9 Å². The van der Waals surface area contributed by atoms with E-state index in [4.69, 9.17) is 9.84 Å². The van der Waals surface area contributed by atoms with Gasteiger partial charge in [-0.25, -0.2) is 14.2 Å². The van der Waals surface area contributed by atoms with Crippen molar-refractivity contribution in [3.05, 3.63) is 42.6 Å². The van der Waals surface area contributed by atoms with Crippen molar-refractivity contribution in [1.82, 2.24) is 9.97 Å². The standard InChI is InChI=1S/C19H21FN4O4/c1-12(19(26)27)28-16-3-2-14(10-15(16)20)23-18(25)13-4-8-24(9-5-13)17-11-21-6-7-22-17/h2-3,6-7,10-13H,4-5,8-9H2,1H3,(H,23,25)(H,26,27). The molecule has 1 aliphatic heterocycles. The normalized spacial score (nSPS) is 15.7. The summed E-state index contributed by atoms with van der Waals surface area (Å²) in [5.74, 6) is -1.67. The first-order valence-electron chi connectivity index (χ1n) is 8.95. The van der Waals surface area contributed by atoms with E-state index in [-0.39, 0.29) is 17.6 Å². The van der Waals surface area contributed by atoms with E-state index in [0.717, 1.165) is 11.9 Å². The van der Waals surface area contributed by atoms with Crippen molar-refractivity contribution in [2.45, 2.75) is 25.9 Å². The molecule has 0 radical (unpaired) electrons. The lowest BCUT2D eigenvalue weighted by Crippen LogP contribution is -2.38. The number of hydrogen-bond donors (Lipinski definition) is 2. The van der Waals surface area contributed by atoms with Crippen molar-refractivity contribution in [2.24, 2.45) is 5.92 Å². The third-order valence-electron chi connectivity index (χ3n) is 4.59. The number of carbonyl (C=O) groups excluding carboxylic acids is 1. The molecular formula is C19H21FN4O4. The fourth-order valence-electron chi connectivity index (χ4n) is 2.98. The number of ether oxygens (including phenoxy) is 1. The van der Waals surface area contributed by atoms with Crippen LogP contribution in [-0.2, 0) is 9.59 Å². The van der Waals surface area contributed by atoms with Crippen LogP contribution in [0.2, 0.25) is 0 Å². The van der Waals surface area contributed by atoms with E-state index >= 15 is 0 Å². The molecule has 1 fully saturated rings. The van der Waals surface area contributed by atoms with Crippen molar-refractivity contribution in [3.63, 3.8) is 0 Å². The maximum absolute atomic E-state index is 14.1. The molecule has 1 unspecified atom stereocenters. The van der Waals surface area contributed by atoms with Crippen LogP contribution in [0, 0.1) is 11.7 Å². The van der Waals surface area contributed by atoms with Crippen LogP contribution < -0.4 is 15.0 Å². The maximum atomic E-state index is 14.1. The largest absolute Gasteiger partial charge is 0.479 e. The van der Waals surface area contributed by atoms with Crippen LogP contribution in [0.3, 0.4) is 0 Å². The van der Waals surface area contributed by atoms with Gasteiger partial charge in [0.2, 0.25) is 5.91 Å². The number of anilines is 2. The Balaban J connectivity index is 1.55. The summed E-state index contributed by atoms with van der Waals surface area (Å²) in [6.07, 6.45) is 5.08. The van der Waals surface area contributed by atoms with Gasteiger partial charge in [-0.05, 0) is 31.9 Å². The van der Waals surface area contributed by atoms with Crippen LogP contribution in [0.15, 0.2) is 36.8 Å². The van der Waals surface area contributed by atoms with Gasteiger partial charge < -0.3 is 20.1 Å². The molecular weight excluding hydrogens is 367 g/mol. The van der Waals surface area contributed by atoms with E-state index in [1.165, 1.54) is 19.1 Å². The molecule has 1 amide bonds. The molecule has 2 heterocycles. The topological polar surface area (TPSA) is 105 Å². The second-order valence-corrected chi connectivity index (χ2v) is 6.56. The monoisotopic (exact) mass is 388 g/mol. The molecule has 2 aromatic rings. The van der Waals surface area contributed by atoms with Crippen molar-refractivity contribution in [2.75, 3.05) is 23.3 Å².